The summed E-state index contributed by atoms with van der Waals surface area (Å²) in [7, 11) is 9.29. The van der Waals surface area contributed by atoms with Crippen molar-refractivity contribution in [3.63, 3.8) is 0 Å². The number of hydrogen-bond acceptors (Lipinski definition) is 4. The Morgan fingerprint density at radius 3 is 2.02 bits per heavy atom. The van der Waals surface area contributed by atoms with E-state index in [0.29, 0.717) is 35.8 Å². The summed E-state index contributed by atoms with van der Waals surface area (Å²) in [5.41, 5.74) is 0.349. The molecule has 4 saturated carbocycles. The van der Waals surface area contributed by atoms with E-state index in [-0.39, 0.29) is 68.9 Å². The van der Waals surface area contributed by atoms with Gasteiger partial charge in [-0.1, -0.05) is 13.8 Å². The van der Waals surface area contributed by atoms with Crippen molar-refractivity contribution in [1.82, 2.24) is 0 Å². The fourth-order valence-electron chi connectivity index (χ4n) is 10.9. The van der Waals surface area contributed by atoms with E-state index in [1.54, 1.807) is 13.8 Å². The molecule has 1 saturated heterocycles. The number of ether oxygens (including phenoxy) is 2. The second-order valence-electron chi connectivity index (χ2n) is 15.8. The van der Waals surface area contributed by atoms with Crippen molar-refractivity contribution in [2.45, 2.75) is 116 Å². The first-order valence-corrected chi connectivity index (χ1v) is 15.7. The number of carbonyl (C=O) groups is 2. The lowest BCUT2D eigenvalue weighted by Gasteiger charge is -2.63. The van der Waals surface area contributed by atoms with Crippen LogP contribution in [0.4, 0.5) is 0 Å². The molecule has 10 atom stereocenters. The average Bonchev–Trinajstić information content (AvgIpc) is 3.11. The van der Waals surface area contributed by atoms with E-state index < -0.39 is 0 Å². The SMILES string of the molecule is CC(=O)O[C@H]1C[C@@H]2CC[C@@H]3[C@H](CC[C@@]4(C)[C@H]3C[C@H]([N+](C)(C)C)[C@@H]4OC(C)=O)[C@@]2(C)C[C@@H]1[N+]1(C)CCCCC1.[Br-].[Br-]. The van der Waals surface area contributed by atoms with E-state index in [4.69, 9.17) is 9.47 Å². The number of likely N-dealkylation sites (N-methyl/N-ethyl adjacent to an activating group) is 2. The normalized spacial score (nSPS) is 44.0. The van der Waals surface area contributed by atoms with Crippen molar-refractivity contribution in [1.29, 1.82) is 0 Å². The van der Waals surface area contributed by atoms with Gasteiger partial charge in [0.05, 0.1) is 41.3 Å². The van der Waals surface area contributed by atoms with Crippen LogP contribution in [0, 0.1) is 34.5 Å². The molecule has 0 aromatic rings. The highest BCUT2D eigenvalue weighted by Gasteiger charge is 2.67. The van der Waals surface area contributed by atoms with Crippen molar-refractivity contribution < 1.29 is 62.0 Å². The third-order valence-electron chi connectivity index (χ3n) is 12.8. The predicted octanol–water partition coefficient (Wildman–Crippen LogP) is -0.806. The summed E-state index contributed by atoms with van der Waals surface area (Å²) in [6, 6.07) is 0.757. The zero-order valence-corrected chi connectivity index (χ0v) is 29.6. The molecule has 5 rings (SSSR count). The monoisotopic (exact) mass is 690 g/mol. The van der Waals surface area contributed by atoms with Crippen molar-refractivity contribution in [2.24, 2.45) is 34.5 Å². The fraction of sp³-hybridized carbons (Fsp3) is 0.938. The van der Waals surface area contributed by atoms with Gasteiger partial charge in [-0.15, -0.1) is 0 Å². The molecule has 0 spiro atoms. The molecule has 0 radical (unpaired) electrons. The number of piperidine rings is 1. The highest BCUT2D eigenvalue weighted by Crippen LogP contribution is 2.67. The standard InChI is InChI=1S/C32H56N2O4.2BrH/c1-21(35)37-29-18-23-12-13-24-25(32(23,4)20-28(29)34(8)16-10-9-11-17-34)14-15-31(3)26(24)19-27(33(5,6)7)30(31)38-22(2)36;;/h23-30H,9-20H2,1-8H3;2*1H/q+2;;/p-2/t23-,24+,25-,26-,27-,28-,29-,30-,31-,32-;;/m0../s1. The Hall–Kier alpha value is -0.180. The molecule has 4 aliphatic carbocycles. The quantitative estimate of drug-likeness (QED) is 0.286. The number of esters is 2. The lowest BCUT2D eigenvalue weighted by molar-refractivity contribution is -0.943. The zero-order valence-electron chi connectivity index (χ0n) is 26.4. The van der Waals surface area contributed by atoms with Crippen LogP contribution in [-0.2, 0) is 19.1 Å². The van der Waals surface area contributed by atoms with E-state index in [1.807, 2.05) is 0 Å². The van der Waals surface area contributed by atoms with Crippen molar-refractivity contribution in [3.05, 3.63) is 0 Å². The largest absolute Gasteiger partial charge is 1.00 e. The number of fused-ring (bicyclic) bond motifs is 5. The van der Waals surface area contributed by atoms with Crippen LogP contribution in [0.25, 0.3) is 0 Å². The highest BCUT2D eigenvalue weighted by molar-refractivity contribution is 5.66. The van der Waals surface area contributed by atoms with Gasteiger partial charge in [0, 0.05) is 32.1 Å². The Kier molecular flexibility index (Phi) is 10.4. The summed E-state index contributed by atoms with van der Waals surface area (Å²) in [4.78, 5) is 24.5. The second-order valence-corrected chi connectivity index (χ2v) is 15.8. The number of rotatable bonds is 4. The van der Waals surface area contributed by atoms with Gasteiger partial charge in [-0.3, -0.25) is 9.59 Å². The van der Waals surface area contributed by atoms with Gasteiger partial charge >= 0.3 is 11.9 Å². The van der Waals surface area contributed by atoms with Crippen LogP contribution in [-0.4, -0.2) is 86.5 Å². The van der Waals surface area contributed by atoms with Gasteiger partial charge in [-0.25, -0.2) is 0 Å². The van der Waals surface area contributed by atoms with Gasteiger partial charge in [-0.2, -0.15) is 0 Å². The Labute approximate surface area is 265 Å². The van der Waals surface area contributed by atoms with Crippen LogP contribution < -0.4 is 34.0 Å². The number of quaternary nitrogens is 2. The van der Waals surface area contributed by atoms with Crippen LogP contribution in [0.1, 0.15) is 91.9 Å². The van der Waals surface area contributed by atoms with Gasteiger partial charge in [0.15, 0.2) is 12.2 Å². The number of carbonyl (C=O) groups excluding carboxylic acids is 2. The van der Waals surface area contributed by atoms with E-state index in [2.05, 4.69) is 42.0 Å². The highest BCUT2D eigenvalue weighted by atomic mass is 79.9. The number of hydrogen-bond donors (Lipinski definition) is 0. The van der Waals surface area contributed by atoms with Crippen LogP contribution in [0.5, 0.6) is 0 Å². The molecule has 5 aliphatic rings. The minimum atomic E-state index is -0.127. The topological polar surface area (TPSA) is 52.6 Å². The average molecular weight is 693 g/mol. The maximum Gasteiger partial charge on any atom is 0.303 e. The second kappa shape index (κ2) is 12.1. The molecule has 8 heteroatoms. The summed E-state index contributed by atoms with van der Waals surface area (Å²) in [6.07, 6.45) is 12.3. The van der Waals surface area contributed by atoms with Crippen LogP contribution >= 0.6 is 0 Å². The van der Waals surface area contributed by atoms with Gasteiger partial charge in [0.2, 0.25) is 0 Å². The summed E-state index contributed by atoms with van der Waals surface area (Å²) < 4.78 is 14.3. The Bertz CT molecular complexity index is 934. The van der Waals surface area contributed by atoms with E-state index in [1.165, 1.54) is 58.0 Å². The number of halogens is 2. The lowest BCUT2D eigenvalue weighted by Crippen LogP contribution is -3.00. The molecule has 0 unspecified atom stereocenters. The molecule has 40 heavy (non-hydrogen) atoms. The maximum atomic E-state index is 12.3. The Morgan fingerprint density at radius 1 is 0.825 bits per heavy atom. The molecule has 5 fully saturated rings. The summed E-state index contributed by atoms with van der Waals surface area (Å²) in [6.45, 7) is 10.7. The van der Waals surface area contributed by atoms with Gasteiger partial charge in [0.25, 0.3) is 0 Å². The minimum absolute atomic E-state index is 0. The van der Waals surface area contributed by atoms with E-state index in [0.717, 1.165) is 28.2 Å². The summed E-state index contributed by atoms with van der Waals surface area (Å²) >= 11 is 0. The molecule has 232 valence electrons. The molecule has 1 heterocycles. The Morgan fingerprint density at radius 2 is 1.45 bits per heavy atom. The molecule has 0 amide bonds. The first-order chi connectivity index (χ1) is 17.7. The van der Waals surface area contributed by atoms with Crippen LogP contribution in [0.3, 0.4) is 0 Å². The molecular weight excluding hydrogens is 636 g/mol. The van der Waals surface area contributed by atoms with Crippen molar-refractivity contribution >= 4 is 11.9 Å². The molecule has 1 aliphatic heterocycles. The van der Waals surface area contributed by atoms with Crippen molar-refractivity contribution in [3.8, 4) is 0 Å². The third-order valence-corrected chi connectivity index (χ3v) is 12.8. The van der Waals surface area contributed by atoms with Gasteiger partial charge in [0.1, 0.15) is 12.1 Å². The van der Waals surface area contributed by atoms with Crippen molar-refractivity contribution in [2.75, 3.05) is 41.3 Å². The van der Waals surface area contributed by atoms with Gasteiger partial charge in [-0.05, 0) is 80.5 Å². The zero-order chi connectivity index (χ0) is 27.7. The summed E-state index contributed by atoms with van der Waals surface area (Å²) in [5, 5.41) is 0. The predicted molar refractivity (Wildman–Crippen MR) is 149 cm³/mol. The fourth-order valence-corrected chi connectivity index (χ4v) is 10.9. The molecular formula is C32H56Br2N2O4. The molecule has 0 N–H and O–H groups in total. The number of likely N-dealkylation sites (tertiary alicyclic amines) is 1. The molecule has 6 nitrogen and oxygen atoms in total. The molecule has 0 aromatic carbocycles. The lowest BCUT2D eigenvalue weighted by atomic mass is 9.44. The van der Waals surface area contributed by atoms with Crippen LogP contribution in [0.2, 0.25) is 0 Å². The maximum absolute atomic E-state index is 12.3. The van der Waals surface area contributed by atoms with E-state index >= 15 is 0 Å². The first kappa shape index (κ1) is 34.3. The first-order valence-electron chi connectivity index (χ1n) is 15.7. The van der Waals surface area contributed by atoms with E-state index in [9.17, 15) is 9.59 Å². The van der Waals surface area contributed by atoms with Crippen LogP contribution in [0.15, 0.2) is 0 Å². The number of nitrogens with zero attached hydrogens (tertiary/aromatic N) is 2. The minimum Gasteiger partial charge on any atom is -1.00 e. The third kappa shape index (κ3) is 5.83. The Balaban J connectivity index is 0.00000220. The smallest absolute Gasteiger partial charge is 0.303 e. The molecule has 0 aromatic heterocycles. The van der Waals surface area contributed by atoms with Gasteiger partial charge < -0.3 is 52.4 Å². The molecule has 0 bridgehead atoms. The summed E-state index contributed by atoms with van der Waals surface area (Å²) in [5.74, 6) is 2.41.